The smallest absolute Gasteiger partial charge is 0.337 e. The molecule has 0 atom stereocenters. The third-order valence-electron chi connectivity index (χ3n) is 3.54. The maximum Gasteiger partial charge on any atom is 0.337 e. The average Bonchev–Trinajstić information content (AvgIpc) is 2.63. The number of rotatable bonds is 4. The largest absolute Gasteiger partial charge is 0.465 e. The summed E-state index contributed by atoms with van der Waals surface area (Å²) in [6.45, 7) is 3.07. The van der Waals surface area contributed by atoms with Gasteiger partial charge in [-0.05, 0) is 30.3 Å². The minimum Gasteiger partial charge on any atom is -0.465 e. The summed E-state index contributed by atoms with van der Waals surface area (Å²) < 4.78 is 10.0. The zero-order valence-corrected chi connectivity index (χ0v) is 12.9. The van der Waals surface area contributed by atoms with Crippen molar-refractivity contribution in [1.82, 2.24) is 9.97 Å². The Kier molecular flexibility index (Phi) is 4.68. The van der Waals surface area contributed by atoms with Crippen molar-refractivity contribution in [1.29, 1.82) is 0 Å². The van der Waals surface area contributed by atoms with Crippen LogP contribution in [0.4, 0.5) is 17.5 Å². The first-order chi connectivity index (χ1) is 11.3. The summed E-state index contributed by atoms with van der Waals surface area (Å²) in [5.41, 5.74) is 1.30. The van der Waals surface area contributed by atoms with Gasteiger partial charge in [0.05, 0.1) is 25.9 Å². The molecule has 7 heteroatoms. The summed E-state index contributed by atoms with van der Waals surface area (Å²) in [7, 11) is 1.36. The number of hydrogen-bond acceptors (Lipinski definition) is 7. The Morgan fingerprint density at radius 2 is 1.96 bits per heavy atom. The molecule has 0 saturated carbocycles. The van der Waals surface area contributed by atoms with E-state index < -0.39 is 0 Å². The van der Waals surface area contributed by atoms with Crippen LogP contribution in [0, 0.1) is 0 Å². The number of nitrogens with one attached hydrogen (secondary N) is 1. The Morgan fingerprint density at radius 1 is 1.22 bits per heavy atom. The van der Waals surface area contributed by atoms with Crippen molar-refractivity contribution in [3.63, 3.8) is 0 Å². The molecule has 120 valence electrons. The zero-order valence-electron chi connectivity index (χ0n) is 12.9. The molecular weight excluding hydrogens is 296 g/mol. The maximum absolute atomic E-state index is 11.4. The van der Waals surface area contributed by atoms with E-state index in [-0.39, 0.29) is 5.97 Å². The van der Waals surface area contributed by atoms with Gasteiger partial charge in [-0.15, -0.1) is 0 Å². The molecule has 1 aliphatic rings. The summed E-state index contributed by atoms with van der Waals surface area (Å²) in [5, 5.41) is 3.14. The topological polar surface area (TPSA) is 76.6 Å². The number of hydrogen-bond donors (Lipinski definition) is 1. The molecule has 3 rings (SSSR count). The number of nitrogens with zero attached hydrogens (tertiary/aromatic N) is 3. The highest BCUT2D eigenvalue weighted by molar-refractivity contribution is 5.89. The van der Waals surface area contributed by atoms with Gasteiger partial charge in [-0.2, -0.15) is 4.98 Å². The van der Waals surface area contributed by atoms with Gasteiger partial charge in [-0.1, -0.05) is 0 Å². The number of aromatic nitrogens is 2. The molecule has 0 amide bonds. The van der Waals surface area contributed by atoms with Crippen LogP contribution >= 0.6 is 0 Å². The van der Waals surface area contributed by atoms with Gasteiger partial charge in [0.2, 0.25) is 5.95 Å². The molecule has 23 heavy (non-hydrogen) atoms. The number of carbonyl (C=O) groups excluding carboxylic acids is 1. The van der Waals surface area contributed by atoms with Gasteiger partial charge in [0.15, 0.2) is 0 Å². The normalized spacial score (nSPS) is 14.4. The summed E-state index contributed by atoms with van der Waals surface area (Å²) in [4.78, 5) is 22.3. The van der Waals surface area contributed by atoms with Crippen molar-refractivity contribution in [3.05, 3.63) is 42.1 Å². The first-order valence-electron chi connectivity index (χ1n) is 7.37. The highest BCUT2D eigenvalue weighted by Gasteiger charge is 2.13. The van der Waals surface area contributed by atoms with Crippen LogP contribution in [0.3, 0.4) is 0 Å². The molecule has 1 fully saturated rings. The third-order valence-corrected chi connectivity index (χ3v) is 3.54. The Labute approximate surface area is 134 Å². The predicted molar refractivity (Wildman–Crippen MR) is 86.1 cm³/mol. The van der Waals surface area contributed by atoms with Crippen molar-refractivity contribution >= 4 is 23.4 Å². The summed E-state index contributed by atoms with van der Waals surface area (Å²) in [6, 6.07) is 8.85. The van der Waals surface area contributed by atoms with E-state index in [1.807, 2.05) is 6.07 Å². The van der Waals surface area contributed by atoms with E-state index in [0.29, 0.717) is 24.7 Å². The monoisotopic (exact) mass is 314 g/mol. The highest BCUT2D eigenvalue weighted by atomic mass is 16.5. The molecule has 1 N–H and O–H groups in total. The van der Waals surface area contributed by atoms with Gasteiger partial charge in [-0.3, -0.25) is 0 Å². The molecule has 0 spiro atoms. The molecule has 7 nitrogen and oxygen atoms in total. The Morgan fingerprint density at radius 3 is 2.65 bits per heavy atom. The van der Waals surface area contributed by atoms with Crippen molar-refractivity contribution in [2.75, 3.05) is 43.6 Å². The number of morpholine rings is 1. The fourth-order valence-corrected chi connectivity index (χ4v) is 2.31. The minimum atomic E-state index is -0.359. The van der Waals surface area contributed by atoms with Crippen LogP contribution in [0.15, 0.2) is 36.5 Å². The molecule has 0 radical (unpaired) electrons. The van der Waals surface area contributed by atoms with E-state index in [1.165, 1.54) is 7.11 Å². The SMILES string of the molecule is COC(=O)c1ccc(Nc2nccc(N3CCOCC3)n2)cc1. The van der Waals surface area contributed by atoms with E-state index >= 15 is 0 Å². The lowest BCUT2D eigenvalue weighted by Gasteiger charge is -2.27. The molecule has 0 aliphatic carbocycles. The molecular formula is C16H18N4O3. The second-order valence-electron chi connectivity index (χ2n) is 5.03. The van der Waals surface area contributed by atoms with Crippen LogP contribution in [0.2, 0.25) is 0 Å². The first kappa shape index (κ1) is 15.2. The fraction of sp³-hybridized carbons (Fsp3) is 0.312. The standard InChI is InChI=1S/C16H18N4O3/c1-22-15(21)12-2-4-13(5-3-12)18-16-17-7-6-14(19-16)20-8-10-23-11-9-20/h2-7H,8-11H2,1H3,(H,17,18,19). The third kappa shape index (κ3) is 3.75. The first-order valence-corrected chi connectivity index (χ1v) is 7.37. The lowest BCUT2D eigenvalue weighted by molar-refractivity contribution is 0.0601. The van der Waals surface area contributed by atoms with Crippen molar-refractivity contribution in [2.45, 2.75) is 0 Å². The number of methoxy groups -OCH3 is 1. The molecule has 0 bridgehead atoms. The van der Waals surface area contributed by atoms with Crippen molar-refractivity contribution < 1.29 is 14.3 Å². The van der Waals surface area contributed by atoms with Crippen LogP contribution < -0.4 is 10.2 Å². The number of esters is 1. The van der Waals surface area contributed by atoms with Crippen LogP contribution in [-0.4, -0.2) is 49.4 Å². The van der Waals surface area contributed by atoms with Crippen molar-refractivity contribution in [3.8, 4) is 0 Å². The molecule has 2 aromatic rings. The lowest BCUT2D eigenvalue weighted by atomic mass is 10.2. The summed E-state index contributed by atoms with van der Waals surface area (Å²) in [5.74, 6) is 1.03. The molecule has 1 aliphatic heterocycles. The van der Waals surface area contributed by atoms with E-state index in [0.717, 1.165) is 24.6 Å². The quantitative estimate of drug-likeness (QED) is 0.863. The van der Waals surface area contributed by atoms with E-state index in [4.69, 9.17) is 4.74 Å². The highest BCUT2D eigenvalue weighted by Crippen LogP contribution is 2.18. The zero-order chi connectivity index (χ0) is 16.1. The van der Waals surface area contributed by atoms with Gasteiger partial charge in [-0.25, -0.2) is 9.78 Å². The van der Waals surface area contributed by atoms with Gasteiger partial charge >= 0.3 is 5.97 Å². The van der Waals surface area contributed by atoms with Gasteiger partial charge in [0.1, 0.15) is 5.82 Å². The van der Waals surface area contributed by atoms with Crippen LogP contribution in [0.5, 0.6) is 0 Å². The van der Waals surface area contributed by atoms with E-state index in [9.17, 15) is 4.79 Å². The maximum atomic E-state index is 11.4. The minimum absolute atomic E-state index is 0.359. The van der Waals surface area contributed by atoms with E-state index in [2.05, 4.69) is 24.9 Å². The Balaban J connectivity index is 1.71. The van der Waals surface area contributed by atoms with Crippen LogP contribution in [0.1, 0.15) is 10.4 Å². The van der Waals surface area contributed by atoms with Crippen LogP contribution in [-0.2, 0) is 9.47 Å². The predicted octanol–water partition coefficient (Wildman–Crippen LogP) is 1.84. The van der Waals surface area contributed by atoms with Crippen molar-refractivity contribution in [2.24, 2.45) is 0 Å². The Hall–Kier alpha value is -2.67. The molecule has 0 unspecified atom stereocenters. The summed E-state index contributed by atoms with van der Waals surface area (Å²) >= 11 is 0. The van der Waals surface area contributed by atoms with Gasteiger partial charge in [0, 0.05) is 25.0 Å². The second kappa shape index (κ2) is 7.06. The average molecular weight is 314 g/mol. The molecule has 1 saturated heterocycles. The van der Waals surface area contributed by atoms with E-state index in [1.54, 1.807) is 30.5 Å². The molecule has 1 aromatic heterocycles. The molecule has 1 aromatic carbocycles. The summed E-state index contributed by atoms with van der Waals surface area (Å²) in [6.07, 6.45) is 1.73. The number of carbonyl (C=O) groups is 1. The lowest BCUT2D eigenvalue weighted by Crippen LogP contribution is -2.36. The number of ether oxygens (including phenoxy) is 2. The Bertz CT molecular complexity index is 669. The van der Waals surface area contributed by atoms with Gasteiger partial charge in [0.25, 0.3) is 0 Å². The second-order valence-corrected chi connectivity index (χ2v) is 5.03. The number of benzene rings is 1. The van der Waals surface area contributed by atoms with Crippen LogP contribution in [0.25, 0.3) is 0 Å². The molecule has 2 heterocycles. The fourth-order valence-electron chi connectivity index (χ4n) is 2.31. The number of anilines is 3. The van der Waals surface area contributed by atoms with Gasteiger partial charge < -0.3 is 19.7 Å².